The van der Waals surface area contributed by atoms with Gasteiger partial charge in [0.15, 0.2) is 0 Å². The highest BCUT2D eigenvalue weighted by Crippen LogP contribution is 2.35. The number of allylic oxidation sites excluding steroid dienone is 1. The molecule has 0 unspecified atom stereocenters. The van der Waals surface area contributed by atoms with Gasteiger partial charge in [0.05, 0.1) is 31.6 Å². The number of piperidine rings is 1. The monoisotopic (exact) mass is 525 g/mol. The van der Waals surface area contributed by atoms with Gasteiger partial charge in [-0.05, 0) is 31.4 Å². The standard InChI is InChI=1S/C28H36ClN5O3/c1-3-10-30-27-26-22(29)6-7-23(26)31-25(32-27)18-19-4-5-20(17-24(19)36-2)28(35)34-11-8-21(9-12-34)33-13-15-37-16-14-33/h4-6,17,21H,3,7-16,18H2,1-2H3,(H,30,31,32). The van der Waals surface area contributed by atoms with Gasteiger partial charge in [-0.1, -0.05) is 30.7 Å². The highest BCUT2D eigenvalue weighted by molar-refractivity contribution is 6.49. The van der Waals surface area contributed by atoms with Crippen LogP contribution in [-0.4, -0.2) is 84.8 Å². The SMILES string of the molecule is CCCNc1nc(Cc2ccc(C(=O)N3CCC(N4CCOCC4)CC3)cc2OC)nc2c1C(Cl)=CC2. The molecule has 1 aliphatic carbocycles. The molecule has 0 radical (unpaired) electrons. The number of aromatic nitrogens is 2. The molecule has 5 rings (SSSR count). The van der Waals surface area contributed by atoms with E-state index in [0.717, 1.165) is 87.8 Å². The summed E-state index contributed by atoms with van der Waals surface area (Å²) in [5, 5.41) is 4.10. The number of anilines is 1. The molecule has 2 aliphatic heterocycles. The smallest absolute Gasteiger partial charge is 0.253 e. The third-order valence-electron chi connectivity index (χ3n) is 7.48. The average Bonchev–Trinajstić information content (AvgIpc) is 3.32. The first-order chi connectivity index (χ1) is 18.1. The Morgan fingerprint density at radius 1 is 1.19 bits per heavy atom. The van der Waals surface area contributed by atoms with Crippen LogP contribution < -0.4 is 10.1 Å². The van der Waals surface area contributed by atoms with E-state index >= 15 is 0 Å². The molecule has 0 atom stereocenters. The molecule has 1 aromatic heterocycles. The van der Waals surface area contributed by atoms with Crippen molar-refractivity contribution in [1.82, 2.24) is 19.8 Å². The Morgan fingerprint density at radius 2 is 1.97 bits per heavy atom. The number of nitrogens with one attached hydrogen (secondary N) is 1. The highest BCUT2D eigenvalue weighted by atomic mass is 35.5. The average molecular weight is 526 g/mol. The molecule has 0 saturated carbocycles. The molecule has 0 bridgehead atoms. The van der Waals surface area contributed by atoms with E-state index in [1.54, 1.807) is 7.11 Å². The number of fused-ring (bicyclic) bond motifs is 1. The minimum atomic E-state index is 0.0610. The Balaban J connectivity index is 1.28. The fourth-order valence-corrected chi connectivity index (χ4v) is 5.72. The van der Waals surface area contributed by atoms with Gasteiger partial charge in [0.25, 0.3) is 5.91 Å². The number of hydrogen-bond acceptors (Lipinski definition) is 7. The van der Waals surface area contributed by atoms with E-state index in [2.05, 4.69) is 17.1 Å². The number of rotatable bonds is 8. The molecule has 1 aromatic carbocycles. The normalized spacial score (nSPS) is 18.5. The minimum Gasteiger partial charge on any atom is -0.496 e. The Hall–Kier alpha value is -2.68. The summed E-state index contributed by atoms with van der Waals surface area (Å²) in [5.41, 5.74) is 3.45. The van der Waals surface area contributed by atoms with E-state index in [0.29, 0.717) is 41.1 Å². The van der Waals surface area contributed by atoms with Gasteiger partial charge in [-0.3, -0.25) is 9.69 Å². The predicted molar refractivity (Wildman–Crippen MR) is 145 cm³/mol. The molecule has 0 spiro atoms. The molecular formula is C28H36ClN5O3. The van der Waals surface area contributed by atoms with Crippen molar-refractivity contribution < 1.29 is 14.3 Å². The van der Waals surface area contributed by atoms with Gasteiger partial charge in [-0.2, -0.15) is 0 Å². The zero-order chi connectivity index (χ0) is 25.8. The summed E-state index contributed by atoms with van der Waals surface area (Å²) in [6.07, 6.45) is 6.19. The number of halogens is 1. The molecule has 2 saturated heterocycles. The minimum absolute atomic E-state index is 0.0610. The third kappa shape index (κ3) is 5.76. The van der Waals surface area contributed by atoms with Gasteiger partial charge in [0.1, 0.15) is 17.4 Å². The van der Waals surface area contributed by atoms with Gasteiger partial charge in [0, 0.05) is 67.8 Å². The lowest BCUT2D eigenvalue weighted by Gasteiger charge is -2.40. The summed E-state index contributed by atoms with van der Waals surface area (Å²) in [4.78, 5) is 27.4. The summed E-state index contributed by atoms with van der Waals surface area (Å²) in [6, 6.07) is 6.26. The Bertz CT molecular complexity index is 1160. The molecule has 3 heterocycles. The number of carbonyl (C=O) groups excluding carboxylic acids is 1. The van der Waals surface area contributed by atoms with Gasteiger partial charge >= 0.3 is 0 Å². The predicted octanol–water partition coefficient (Wildman–Crippen LogP) is 3.97. The fourth-order valence-electron chi connectivity index (χ4n) is 5.45. The summed E-state index contributed by atoms with van der Waals surface area (Å²) < 4.78 is 11.2. The summed E-state index contributed by atoms with van der Waals surface area (Å²) in [6.45, 7) is 8.08. The van der Waals surface area contributed by atoms with Gasteiger partial charge < -0.3 is 19.7 Å². The van der Waals surface area contributed by atoms with E-state index in [-0.39, 0.29) is 5.91 Å². The van der Waals surface area contributed by atoms with Crippen LogP contribution in [0, 0.1) is 0 Å². The van der Waals surface area contributed by atoms with Gasteiger partial charge in [-0.25, -0.2) is 9.97 Å². The summed E-state index contributed by atoms with van der Waals surface area (Å²) >= 11 is 6.42. The van der Waals surface area contributed by atoms with E-state index < -0.39 is 0 Å². The van der Waals surface area contributed by atoms with Crippen molar-refractivity contribution in [2.45, 2.75) is 45.1 Å². The molecule has 37 heavy (non-hydrogen) atoms. The molecule has 3 aliphatic rings. The second-order valence-electron chi connectivity index (χ2n) is 9.87. The maximum absolute atomic E-state index is 13.3. The van der Waals surface area contributed by atoms with Crippen molar-refractivity contribution in [1.29, 1.82) is 0 Å². The molecule has 2 fully saturated rings. The van der Waals surface area contributed by atoms with Crippen molar-refractivity contribution >= 4 is 28.4 Å². The second kappa shape index (κ2) is 11.8. The molecule has 198 valence electrons. The van der Waals surface area contributed by atoms with Crippen LogP contribution in [0.5, 0.6) is 5.75 Å². The fraction of sp³-hybridized carbons (Fsp3) is 0.536. The number of nitrogens with zero attached hydrogens (tertiary/aromatic N) is 4. The molecule has 2 aromatic rings. The first-order valence-corrected chi connectivity index (χ1v) is 13.7. The second-order valence-corrected chi connectivity index (χ2v) is 10.3. The highest BCUT2D eigenvalue weighted by Gasteiger charge is 2.29. The van der Waals surface area contributed by atoms with Crippen LogP contribution in [0.25, 0.3) is 5.03 Å². The number of hydrogen-bond donors (Lipinski definition) is 1. The van der Waals surface area contributed by atoms with Gasteiger partial charge in [-0.15, -0.1) is 0 Å². The quantitative estimate of drug-likeness (QED) is 0.558. The van der Waals surface area contributed by atoms with E-state index in [1.807, 2.05) is 29.2 Å². The van der Waals surface area contributed by atoms with Crippen molar-refractivity contribution in [2.24, 2.45) is 0 Å². The van der Waals surface area contributed by atoms with Gasteiger partial charge in [0.2, 0.25) is 0 Å². The van der Waals surface area contributed by atoms with Crippen LogP contribution in [0.3, 0.4) is 0 Å². The Labute approximate surface area is 224 Å². The zero-order valence-corrected chi connectivity index (χ0v) is 22.5. The number of methoxy groups -OCH3 is 1. The first kappa shape index (κ1) is 25.9. The number of amides is 1. The molecule has 1 amide bonds. The third-order valence-corrected chi connectivity index (χ3v) is 7.83. The summed E-state index contributed by atoms with van der Waals surface area (Å²) in [5.74, 6) is 2.23. The lowest BCUT2D eigenvalue weighted by Crippen LogP contribution is -2.50. The lowest BCUT2D eigenvalue weighted by molar-refractivity contribution is 0.00158. The van der Waals surface area contributed by atoms with Crippen LogP contribution in [0.4, 0.5) is 5.82 Å². The summed E-state index contributed by atoms with van der Waals surface area (Å²) in [7, 11) is 1.64. The van der Waals surface area contributed by atoms with Crippen molar-refractivity contribution in [3.8, 4) is 5.75 Å². The van der Waals surface area contributed by atoms with Crippen molar-refractivity contribution in [2.75, 3.05) is 58.4 Å². The molecule has 8 nitrogen and oxygen atoms in total. The van der Waals surface area contributed by atoms with E-state index in [4.69, 9.17) is 31.0 Å². The largest absolute Gasteiger partial charge is 0.496 e. The Morgan fingerprint density at radius 3 is 2.70 bits per heavy atom. The first-order valence-electron chi connectivity index (χ1n) is 13.3. The zero-order valence-electron chi connectivity index (χ0n) is 21.8. The maximum Gasteiger partial charge on any atom is 0.253 e. The maximum atomic E-state index is 13.3. The van der Waals surface area contributed by atoms with E-state index in [9.17, 15) is 4.79 Å². The number of benzene rings is 1. The van der Waals surface area contributed by atoms with Crippen molar-refractivity contribution in [3.63, 3.8) is 0 Å². The van der Waals surface area contributed by atoms with E-state index in [1.165, 1.54) is 0 Å². The van der Waals surface area contributed by atoms with Crippen LogP contribution in [0.2, 0.25) is 0 Å². The van der Waals surface area contributed by atoms with Crippen molar-refractivity contribution in [3.05, 3.63) is 52.5 Å². The topological polar surface area (TPSA) is 79.8 Å². The van der Waals surface area contributed by atoms with Crippen LogP contribution in [-0.2, 0) is 17.6 Å². The Kier molecular flexibility index (Phi) is 8.27. The lowest BCUT2D eigenvalue weighted by atomic mass is 10.0. The molecule has 9 heteroatoms. The number of ether oxygens (including phenoxy) is 2. The molecular weight excluding hydrogens is 490 g/mol. The van der Waals surface area contributed by atoms with Crippen LogP contribution >= 0.6 is 11.6 Å². The number of carbonyl (C=O) groups is 1. The molecule has 1 N–H and O–H groups in total. The van der Waals surface area contributed by atoms with Crippen LogP contribution in [0.15, 0.2) is 24.3 Å². The number of morpholine rings is 1. The van der Waals surface area contributed by atoms with Crippen LogP contribution in [0.1, 0.15) is 59.2 Å². The number of likely N-dealkylation sites (tertiary alicyclic amines) is 1.